The lowest BCUT2D eigenvalue weighted by atomic mass is 9.82. The second kappa shape index (κ2) is 9.54. The monoisotopic (exact) mass is 450 g/mol. The van der Waals surface area contributed by atoms with Crippen molar-refractivity contribution in [2.24, 2.45) is 0 Å². The number of hydrogen-bond acceptors (Lipinski definition) is 7. The van der Waals surface area contributed by atoms with Gasteiger partial charge in [-0.05, 0) is 35.8 Å². The van der Waals surface area contributed by atoms with Crippen LogP contribution in [-0.4, -0.2) is 53.9 Å². The minimum Gasteiger partial charge on any atom is -0.486 e. The number of Topliss-reactive ketones (excluding diaryl/α,β-unsaturated/α-hetero) is 1. The molecule has 1 spiro atoms. The van der Waals surface area contributed by atoms with E-state index in [2.05, 4.69) is 9.64 Å². The Labute approximate surface area is 191 Å². The van der Waals surface area contributed by atoms with Gasteiger partial charge in [0.05, 0.1) is 24.0 Å². The average Bonchev–Trinajstić information content (AvgIpc) is 2.82. The van der Waals surface area contributed by atoms with Gasteiger partial charge in [-0.2, -0.15) is 0 Å². The highest BCUT2D eigenvalue weighted by Crippen LogP contribution is 2.39. The average molecular weight is 450 g/mol. The molecule has 2 aliphatic heterocycles. The summed E-state index contributed by atoms with van der Waals surface area (Å²) >= 11 is 0. The first kappa shape index (κ1) is 22.7. The van der Waals surface area contributed by atoms with Crippen molar-refractivity contribution < 1.29 is 24.0 Å². The van der Waals surface area contributed by atoms with Crippen LogP contribution < -0.4 is 4.74 Å². The number of esters is 1. The molecule has 2 aromatic rings. The number of rotatable bonds is 6. The van der Waals surface area contributed by atoms with Gasteiger partial charge >= 0.3 is 5.97 Å². The summed E-state index contributed by atoms with van der Waals surface area (Å²) in [5.74, 6) is 0.208. The van der Waals surface area contributed by atoms with E-state index in [0.29, 0.717) is 17.7 Å². The Bertz CT molecular complexity index is 1080. The number of carbonyl (C=O) groups is 2. The van der Waals surface area contributed by atoms with Gasteiger partial charge in [-0.15, -0.1) is 0 Å². The molecule has 1 saturated heterocycles. The number of fused-ring (bicyclic) bond motifs is 1. The number of hydrogen-bond donors (Lipinski definition) is 0. The summed E-state index contributed by atoms with van der Waals surface area (Å²) in [6.07, 6.45) is 5.64. The molecule has 0 N–H and O–H groups in total. The van der Waals surface area contributed by atoms with Gasteiger partial charge in [-0.3, -0.25) is 14.9 Å². The minimum atomic E-state index is -0.475. The van der Waals surface area contributed by atoms with E-state index in [1.807, 2.05) is 6.07 Å². The third kappa shape index (κ3) is 5.28. The second-order valence-electron chi connectivity index (χ2n) is 8.51. The SMILES string of the molecule is COC(=O)/C=C/c1ccc2c(c1)C(=O)CC1(CCN(CCc3ccc([N+](=O)[O-])cc3)CC1)O2. The molecule has 0 unspecified atom stereocenters. The van der Waals surface area contributed by atoms with Crippen molar-refractivity contribution in [3.63, 3.8) is 0 Å². The molecule has 4 rings (SSSR count). The van der Waals surface area contributed by atoms with Crippen molar-refractivity contribution in [3.8, 4) is 5.75 Å². The Morgan fingerprint density at radius 3 is 2.61 bits per heavy atom. The van der Waals surface area contributed by atoms with Crippen LogP contribution >= 0.6 is 0 Å². The van der Waals surface area contributed by atoms with Crippen LogP contribution in [-0.2, 0) is 16.0 Å². The zero-order valence-electron chi connectivity index (χ0n) is 18.5. The number of carbonyl (C=O) groups excluding carboxylic acids is 2. The molecule has 0 radical (unpaired) electrons. The largest absolute Gasteiger partial charge is 0.486 e. The van der Waals surface area contributed by atoms with Crippen LogP contribution in [0.3, 0.4) is 0 Å². The van der Waals surface area contributed by atoms with Crippen LogP contribution in [0.1, 0.15) is 40.7 Å². The van der Waals surface area contributed by atoms with E-state index in [-0.39, 0.29) is 11.5 Å². The van der Waals surface area contributed by atoms with Crippen molar-refractivity contribution >= 4 is 23.5 Å². The van der Waals surface area contributed by atoms with Gasteiger partial charge in [0.15, 0.2) is 5.78 Å². The third-order valence-electron chi connectivity index (χ3n) is 6.36. The van der Waals surface area contributed by atoms with Gasteiger partial charge in [0.1, 0.15) is 11.4 Å². The number of benzene rings is 2. The fourth-order valence-electron chi connectivity index (χ4n) is 4.38. The Morgan fingerprint density at radius 1 is 1.21 bits per heavy atom. The molecule has 0 atom stereocenters. The van der Waals surface area contributed by atoms with E-state index in [1.54, 1.807) is 30.3 Å². The van der Waals surface area contributed by atoms with Crippen molar-refractivity contribution in [2.45, 2.75) is 31.3 Å². The molecule has 0 bridgehead atoms. The molecule has 2 aliphatic rings. The van der Waals surface area contributed by atoms with E-state index in [1.165, 1.54) is 25.3 Å². The zero-order valence-corrected chi connectivity index (χ0v) is 18.5. The lowest BCUT2D eigenvalue weighted by Crippen LogP contribution is -2.51. The minimum absolute atomic E-state index is 0.0592. The van der Waals surface area contributed by atoms with Crippen LogP contribution in [0.15, 0.2) is 48.5 Å². The van der Waals surface area contributed by atoms with Gasteiger partial charge in [-0.1, -0.05) is 18.2 Å². The topological polar surface area (TPSA) is 99.0 Å². The summed E-state index contributed by atoms with van der Waals surface area (Å²) in [6.45, 7) is 2.51. The Kier molecular flexibility index (Phi) is 6.55. The van der Waals surface area contributed by atoms with Crippen LogP contribution in [0.5, 0.6) is 5.75 Å². The molecule has 0 saturated carbocycles. The molecule has 0 aromatic heterocycles. The quantitative estimate of drug-likeness (QED) is 0.285. The van der Waals surface area contributed by atoms with Crippen molar-refractivity contribution in [1.82, 2.24) is 4.90 Å². The first-order chi connectivity index (χ1) is 15.9. The molecule has 172 valence electrons. The molecule has 1 fully saturated rings. The molecule has 2 heterocycles. The molecule has 0 amide bonds. The Balaban J connectivity index is 1.34. The van der Waals surface area contributed by atoms with Crippen LogP contribution in [0.4, 0.5) is 5.69 Å². The van der Waals surface area contributed by atoms with E-state index in [0.717, 1.165) is 50.0 Å². The molecule has 8 heteroatoms. The van der Waals surface area contributed by atoms with Crippen molar-refractivity contribution in [1.29, 1.82) is 0 Å². The fourth-order valence-corrected chi connectivity index (χ4v) is 4.38. The number of methoxy groups -OCH3 is 1. The van der Waals surface area contributed by atoms with Gasteiger partial charge in [0.2, 0.25) is 0 Å². The number of nitro benzene ring substituents is 1. The Hall–Kier alpha value is -3.52. The summed E-state index contributed by atoms with van der Waals surface area (Å²) in [7, 11) is 1.32. The molecule has 2 aromatic carbocycles. The maximum atomic E-state index is 12.9. The van der Waals surface area contributed by atoms with Gasteiger partial charge in [0, 0.05) is 50.7 Å². The van der Waals surface area contributed by atoms with Crippen LogP contribution in [0.25, 0.3) is 6.08 Å². The number of likely N-dealkylation sites (tertiary alicyclic amines) is 1. The van der Waals surface area contributed by atoms with Crippen molar-refractivity contribution in [2.75, 3.05) is 26.7 Å². The van der Waals surface area contributed by atoms with Gasteiger partial charge in [0.25, 0.3) is 5.69 Å². The molecule has 8 nitrogen and oxygen atoms in total. The molecule has 33 heavy (non-hydrogen) atoms. The maximum Gasteiger partial charge on any atom is 0.330 e. The number of ether oxygens (including phenoxy) is 2. The van der Waals surface area contributed by atoms with E-state index in [4.69, 9.17) is 4.74 Å². The number of non-ortho nitro benzene ring substituents is 1. The smallest absolute Gasteiger partial charge is 0.330 e. The van der Waals surface area contributed by atoms with Crippen LogP contribution in [0, 0.1) is 10.1 Å². The van der Waals surface area contributed by atoms with E-state index < -0.39 is 16.5 Å². The highest BCUT2D eigenvalue weighted by molar-refractivity contribution is 6.01. The van der Waals surface area contributed by atoms with Gasteiger partial charge < -0.3 is 14.4 Å². The predicted octanol–water partition coefficient (Wildman–Crippen LogP) is 3.82. The molecule has 0 aliphatic carbocycles. The second-order valence-corrected chi connectivity index (χ2v) is 8.51. The van der Waals surface area contributed by atoms with Crippen LogP contribution in [0.2, 0.25) is 0 Å². The number of nitro groups is 1. The summed E-state index contributed by atoms with van der Waals surface area (Å²) in [6, 6.07) is 12.1. The molecular weight excluding hydrogens is 424 g/mol. The summed E-state index contributed by atoms with van der Waals surface area (Å²) in [5, 5.41) is 10.8. The predicted molar refractivity (Wildman–Crippen MR) is 122 cm³/mol. The fraction of sp³-hybridized carbons (Fsp3) is 0.360. The number of nitrogens with zero attached hydrogens (tertiary/aromatic N) is 2. The van der Waals surface area contributed by atoms with E-state index in [9.17, 15) is 19.7 Å². The summed E-state index contributed by atoms with van der Waals surface area (Å²) in [5.41, 5.74) is 1.99. The summed E-state index contributed by atoms with van der Waals surface area (Å²) < 4.78 is 11.0. The zero-order chi connectivity index (χ0) is 23.4. The third-order valence-corrected chi connectivity index (χ3v) is 6.36. The molecular formula is C25H26N2O6. The maximum absolute atomic E-state index is 12.9. The van der Waals surface area contributed by atoms with Gasteiger partial charge in [-0.25, -0.2) is 4.79 Å². The highest BCUT2D eigenvalue weighted by Gasteiger charge is 2.42. The van der Waals surface area contributed by atoms with Crippen molar-refractivity contribution in [3.05, 3.63) is 75.3 Å². The summed E-state index contributed by atoms with van der Waals surface area (Å²) in [4.78, 5) is 37.0. The first-order valence-corrected chi connectivity index (χ1v) is 11.0. The standard InChI is InChI=1S/C25H26N2O6/c1-32-24(29)9-5-19-4-8-23-21(16-19)22(28)17-25(33-23)11-14-26(15-12-25)13-10-18-2-6-20(7-3-18)27(30)31/h2-9,16H,10-15,17H2,1H3/b9-5+. The van der Waals surface area contributed by atoms with E-state index >= 15 is 0 Å². The Morgan fingerprint density at radius 2 is 1.94 bits per heavy atom. The highest BCUT2D eigenvalue weighted by atomic mass is 16.6. The first-order valence-electron chi connectivity index (χ1n) is 11.0. The normalized spacial score (nSPS) is 17.5. The number of ketones is 1. The number of piperidine rings is 1. The lowest BCUT2D eigenvalue weighted by Gasteiger charge is -2.44. The lowest BCUT2D eigenvalue weighted by molar-refractivity contribution is -0.384.